The fraction of sp³-hybridized carbons (Fsp3) is 0.300. The SMILES string of the molecule is O=C(/C=C/c1ccccc1)NCC(=O)NC1CCN(c2ncccn2)CC1. The molecule has 1 aliphatic heterocycles. The molecule has 1 aliphatic rings. The number of amides is 2. The smallest absolute Gasteiger partial charge is 0.244 e. The number of anilines is 1. The number of rotatable bonds is 6. The van der Waals surface area contributed by atoms with E-state index in [1.165, 1.54) is 6.08 Å². The Kier molecular flexibility index (Phi) is 6.51. The van der Waals surface area contributed by atoms with Crippen molar-refractivity contribution in [2.75, 3.05) is 24.5 Å². The Morgan fingerprint density at radius 3 is 2.48 bits per heavy atom. The van der Waals surface area contributed by atoms with Crippen LogP contribution >= 0.6 is 0 Å². The second-order valence-corrected chi connectivity index (χ2v) is 6.34. The fourth-order valence-electron chi connectivity index (χ4n) is 2.92. The monoisotopic (exact) mass is 365 g/mol. The van der Waals surface area contributed by atoms with Gasteiger partial charge in [0, 0.05) is 37.6 Å². The molecule has 2 N–H and O–H groups in total. The molecule has 7 nitrogen and oxygen atoms in total. The van der Waals surface area contributed by atoms with Crippen LogP contribution in [0.3, 0.4) is 0 Å². The zero-order chi connectivity index (χ0) is 18.9. The van der Waals surface area contributed by atoms with Gasteiger partial charge in [-0.15, -0.1) is 0 Å². The zero-order valence-electron chi connectivity index (χ0n) is 15.0. The Balaban J connectivity index is 1.36. The third-order valence-electron chi connectivity index (χ3n) is 4.34. The molecule has 1 fully saturated rings. The molecule has 0 radical (unpaired) electrons. The number of nitrogens with one attached hydrogen (secondary N) is 2. The van der Waals surface area contributed by atoms with Crippen LogP contribution in [0.4, 0.5) is 5.95 Å². The Morgan fingerprint density at radius 1 is 1.07 bits per heavy atom. The minimum Gasteiger partial charge on any atom is -0.352 e. The lowest BCUT2D eigenvalue weighted by molar-refractivity contribution is -0.124. The van der Waals surface area contributed by atoms with Gasteiger partial charge in [0.15, 0.2) is 0 Å². The van der Waals surface area contributed by atoms with Crippen LogP contribution in [0.15, 0.2) is 54.9 Å². The van der Waals surface area contributed by atoms with Crippen molar-refractivity contribution in [2.45, 2.75) is 18.9 Å². The van der Waals surface area contributed by atoms with E-state index in [2.05, 4.69) is 25.5 Å². The van der Waals surface area contributed by atoms with E-state index in [4.69, 9.17) is 0 Å². The van der Waals surface area contributed by atoms with Crippen molar-refractivity contribution in [3.8, 4) is 0 Å². The summed E-state index contributed by atoms with van der Waals surface area (Å²) >= 11 is 0. The normalized spacial score (nSPS) is 14.9. The molecule has 7 heteroatoms. The molecule has 1 aromatic heterocycles. The van der Waals surface area contributed by atoms with Gasteiger partial charge in [0.2, 0.25) is 17.8 Å². The molecule has 3 rings (SSSR count). The molecule has 1 saturated heterocycles. The maximum Gasteiger partial charge on any atom is 0.244 e. The highest BCUT2D eigenvalue weighted by Gasteiger charge is 2.22. The van der Waals surface area contributed by atoms with E-state index >= 15 is 0 Å². The summed E-state index contributed by atoms with van der Waals surface area (Å²) in [6.45, 7) is 1.56. The Bertz CT molecular complexity index is 771. The van der Waals surface area contributed by atoms with Crippen molar-refractivity contribution >= 4 is 23.8 Å². The number of piperidine rings is 1. The van der Waals surface area contributed by atoms with Crippen LogP contribution in [0.2, 0.25) is 0 Å². The molecule has 0 unspecified atom stereocenters. The molecule has 140 valence electrons. The number of aromatic nitrogens is 2. The van der Waals surface area contributed by atoms with Crippen LogP contribution in [0.5, 0.6) is 0 Å². The summed E-state index contributed by atoms with van der Waals surface area (Å²) in [7, 11) is 0. The van der Waals surface area contributed by atoms with Crippen LogP contribution in [-0.2, 0) is 9.59 Å². The van der Waals surface area contributed by atoms with Gasteiger partial charge in [0.1, 0.15) is 0 Å². The first kappa shape index (κ1) is 18.6. The van der Waals surface area contributed by atoms with Crippen LogP contribution in [0.25, 0.3) is 6.08 Å². The van der Waals surface area contributed by atoms with Gasteiger partial charge in [-0.3, -0.25) is 9.59 Å². The molecule has 0 atom stereocenters. The van der Waals surface area contributed by atoms with Crippen molar-refractivity contribution in [3.05, 3.63) is 60.4 Å². The van der Waals surface area contributed by atoms with Crippen molar-refractivity contribution in [1.82, 2.24) is 20.6 Å². The molecule has 1 aromatic carbocycles. The molecular formula is C20H23N5O2. The highest BCUT2D eigenvalue weighted by atomic mass is 16.2. The molecule has 2 aromatic rings. The number of benzene rings is 1. The van der Waals surface area contributed by atoms with Gasteiger partial charge in [0.05, 0.1) is 6.54 Å². The fourth-order valence-corrected chi connectivity index (χ4v) is 2.92. The molecule has 0 bridgehead atoms. The Hall–Kier alpha value is -3.22. The van der Waals surface area contributed by atoms with Crippen LogP contribution in [0.1, 0.15) is 18.4 Å². The maximum absolute atomic E-state index is 12.1. The van der Waals surface area contributed by atoms with Gasteiger partial charge in [-0.25, -0.2) is 9.97 Å². The quantitative estimate of drug-likeness (QED) is 0.756. The summed E-state index contributed by atoms with van der Waals surface area (Å²) in [5, 5.41) is 5.58. The number of carbonyl (C=O) groups excluding carboxylic acids is 2. The molecular weight excluding hydrogens is 342 g/mol. The lowest BCUT2D eigenvalue weighted by Crippen LogP contribution is -2.47. The average molecular weight is 365 g/mol. The second-order valence-electron chi connectivity index (χ2n) is 6.34. The minimum absolute atomic E-state index is 0.0278. The summed E-state index contributed by atoms with van der Waals surface area (Å²) < 4.78 is 0. The van der Waals surface area contributed by atoms with Crippen LogP contribution < -0.4 is 15.5 Å². The number of hydrogen-bond donors (Lipinski definition) is 2. The first-order valence-electron chi connectivity index (χ1n) is 9.03. The molecule has 0 aliphatic carbocycles. The van der Waals surface area contributed by atoms with Crippen LogP contribution in [0, 0.1) is 0 Å². The average Bonchev–Trinajstić information content (AvgIpc) is 2.73. The van der Waals surface area contributed by atoms with Gasteiger partial charge in [0.25, 0.3) is 0 Å². The molecule has 2 amide bonds. The minimum atomic E-state index is -0.287. The number of hydrogen-bond acceptors (Lipinski definition) is 5. The van der Waals surface area contributed by atoms with E-state index < -0.39 is 0 Å². The molecule has 2 heterocycles. The van der Waals surface area contributed by atoms with Crippen LogP contribution in [-0.4, -0.2) is 47.5 Å². The lowest BCUT2D eigenvalue weighted by Gasteiger charge is -2.32. The first-order chi connectivity index (χ1) is 13.2. The highest BCUT2D eigenvalue weighted by Crippen LogP contribution is 2.15. The second kappa shape index (κ2) is 9.47. The van der Waals surface area contributed by atoms with Gasteiger partial charge in [-0.2, -0.15) is 0 Å². The molecule has 0 spiro atoms. The van der Waals surface area contributed by atoms with E-state index in [0.717, 1.165) is 37.4 Å². The van der Waals surface area contributed by atoms with Crippen molar-refractivity contribution < 1.29 is 9.59 Å². The molecule has 0 saturated carbocycles. The third kappa shape index (κ3) is 5.91. The summed E-state index contributed by atoms with van der Waals surface area (Å²) in [6, 6.07) is 11.4. The first-order valence-corrected chi connectivity index (χ1v) is 9.03. The van der Waals surface area contributed by atoms with Gasteiger partial charge in [-0.1, -0.05) is 30.3 Å². The van der Waals surface area contributed by atoms with Crippen molar-refractivity contribution in [2.24, 2.45) is 0 Å². The van der Waals surface area contributed by atoms with E-state index in [1.807, 2.05) is 30.3 Å². The van der Waals surface area contributed by atoms with E-state index in [-0.39, 0.29) is 24.4 Å². The van der Waals surface area contributed by atoms with E-state index in [0.29, 0.717) is 0 Å². The summed E-state index contributed by atoms with van der Waals surface area (Å²) in [6.07, 6.45) is 8.25. The standard InChI is InChI=1S/C20H23N5O2/c26-18(8-7-16-5-2-1-3-6-16)23-15-19(27)24-17-9-13-25(14-10-17)20-21-11-4-12-22-20/h1-8,11-12,17H,9-10,13-15H2,(H,23,26)(H,24,27)/b8-7+. The molecule has 27 heavy (non-hydrogen) atoms. The summed E-state index contributed by atoms with van der Waals surface area (Å²) in [5.74, 6) is 0.260. The predicted octanol–water partition coefficient (Wildman–Crippen LogP) is 1.39. The van der Waals surface area contributed by atoms with Crippen molar-refractivity contribution in [1.29, 1.82) is 0 Å². The van der Waals surface area contributed by atoms with Gasteiger partial charge in [-0.05, 0) is 30.5 Å². The predicted molar refractivity (Wildman–Crippen MR) is 104 cm³/mol. The van der Waals surface area contributed by atoms with E-state index in [9.17, 15) is 9.59 Å². The number of nitrogens with zero attached hydrogens (tertiary/aromatic N) is 3. The van der Waals surface area contributed by atoms with Gasteiger partial charge < -0.3 is 15.5 Å². The zero-order valence-corrected chi connectivity index (χ0v) is 15.0. The highest BCUT2D eigenvalue weighted by molar-refractivity contribution is 5.94. The lowest BCUT2D eigenvalue weighted by atomic mass is 10.1. The number of carbonyl (C=O) groups is 2. The third-order valence-corrected chi connectivity index (χ3v) is 4.34. The van der Waals surface area contributed by atoms with E-state index in [1.54, 1.807) is 24.5 Å². The Morgan fingerprint density at radius 2 is 1.78 bits per heavy atom. The largest absolute Gasteiger partial charge is 0.352 e. The maximum atomic E-state index is 12.1. The summed E-state index contributed by atoms with van der Waals surface area (Å²) in [4.78, 5) is 34.5. The van der Waals surface area contributed by atoms with Gasteiger partial charge >= 0.3 is 0 Å². The topological polar surface area (TPSA) is 87.2 Å². The van der Waals surface area contributed by atoms with Crippen molar-refractivity contribution in [3.63, 3.8) is 0 Å². The summed E-state index contributed by atoms with van der Waals surface area (Å²) in [5.41, 5.74) is 0.936. The Labute approximate surface area is 158 Å².